The number of pyridine rings is 1. The van der Waals surface area contributed by atoms with Gasteiger partial charge in [-0.3, -0.25) is 39.2 Å². The molecule has 64 heavy (non-hydrogen) atoms. The molecule has 1 saturated carbocycles. The Morgan fingerprint density at radius 3 is 2.20 bits per heavy atom. The molecule has 15 heteroatoms. The maximum atomic E-state index is 13.7. The van der Waals surface area contributed by atoms with Crippen molar-refractivity contribution >= 4 is 45.9 Å². The molecule has 4 heterocycles. The molecule has 4 fully saturated rings. The lowest BCUT2D eigenvalue weighted by atomic mass is 9.49. The number of nitriles is 1. The zero-order chi connectivity index (χ0) is 45.5. The van der Waals surface area contributed by atoms with E-state index < -0.39 is 28.7 Å². The highest BCUT2D eigenvalue weighted by Crippen LogP contribution is 2.56. The lowest BCUT2D eigenvalue weighted by molar-refractivity contribution is -0.163. The number of nitrogens with zero attached hydrogens (tertiary/aromatic N) is 5. The van der Waals surface area contributed by atoms with Gasteiger partial charge in [-0.15, -0.1) is 0 Å². The molecule has 0 spiro atoms. The van der Waals surface area contributed by atoms with Crippen LogP contribution in [0.25, 0.3) is 10.9 Å². The van der Waals surface area contributed by atoms with Gasteiger partial charge < -0.3 is 24.8 Å². The fourth-order valence-corrected chi connectivity index (χ4v) is 10.8. The summed E-state index contributed by atoms with van der Waals surface area (Å²) in [4.78, 5) is 73.1. The Balaban J connectivity index is 0.797. The van der Waals surface area contributed by atoms with E-state index in [9.17, 15) is 29.2 Å². The zero-order valence-corrected chi connectivity index (χ0v) is 37.4. The number of H-pyrrole nitrogens is 1. The van der Waals surface area contributed by atoms with E-state index in [-0.39, 0.29) is 42.4 Å². The number of carbonyl (C=O) groups excluding carboxylic acids is 4. The van der Waals surface area contributed by atoms with Gasteiger partial charge >= 0.3 is 0 Å². The van der Waals surface area contributed by atoms with Crippen molar-refractivity contribution in [2.45, 2.75) is 84.9 Å². The van der Waals surface area contributed by atoms with E-state index in [1.165, 1.54) is 6.07 Å². The van der Waals surface area contributed by atoms with Gasteiger partial charge in [0.25, 0.3) is 17.7 Å². The first-order valence-corrected chi connectivity index (χ1v) is 22.5. The molecule has 336 valence electrons. The minimum absolute atomic E-state index is 0.126. The molecule has 4 amide bonds. The average Bonchev–Trinajstić information content (AvgIpc) is 3.29. The third kappa shape index (κ3) is 8.56. The number of hydrazine groups is 1. The van der Waals surface area contributed by atoms with Crippen molar-refractivity contribution in [2.75, 3.05) is 55.6 Å². The van der Waals surface area contributed by atoms with Crippen molar-refractivity contribution < 1.29 is 23.9 Å². The maximum absolute atomic E-state index is 13.7. The first kappa shape index (κ1) is 44.4. The Hall–Kier alpha value is -6.24. The van der Waals surface area contributed by atoms with Crippen molar-refractivity contribution in [3.05, 3.63) is 99.3 Å². The highest BCUT2D eigenvalue weighted by atomic mass is 16.5. The lowest BCUT2D eigenvalue weighted by Crippen LogP contribution is -2.74. The molecule has 4 aromatic rings. The standard InChI is InChI=1S/C49H59N9O6/c1-6-31-27-35(12-13-36(31)45(63)58(51)38-15-18-41(60)53-44(38)62)57-25-23-55(24-26-57)29-30-19-21-56(22-20-30)34-10-7-32(8-11-34)43(61)54-46-48(2,3)47(49(46,4)5)64-39-16-9-33(28-50)42-37(39)14-17-40(59)52-42/h7-14,16-17,27,30,38,46-47H,6,15,18-26,29,51H2,1-5H3,(H,52,59)(H,54,61)(H,53,60,62). The number of amides is 4. The largest absolute Gasteiger partial charge is 0.488 e. The van der Waals surface area contributed by atoms with E-state index in [0.29, 0.717) is 45.7 Å². The van der Waals surface area contributed by atoms with Gasteiger partial charge in [-0.05, 0) is 97.8 Å². The Morgan fingerprint density at radius 2 is 1.55 bits per heavy atom. The monoisotopic (exact) mass is 869 g/mol. The van der Waals surface area contributed by atoms with Crippen LogP contribution < -0.4 is 36.6 Å². The molecule has 1 atom stereocenters. The van der Waals surface area contributed by atoms with Gasteiger partial charge in [0.05, 0.1) is 11.1 Å². The van der Waals surface area contributed by atoms with Crippen molar-refractivity contribution in [1.82, 2.24) is 25.5 Å². The van der Waals surface area contributed by atoms with Crippen LogP contribution in [-0.4, -0.2) is 103 Å². The number of benzene rings is 3. The highest BCUT2D eigenvalue weighted by molar-refractivity contribution is 6.04. The Labute approximate surface area is 373 Å². The molecule has 5 N–H and O–H groups in total. The number of nitrogens with two attached hydrogens (primary N) is 1. The van der Waals surface area contributed by atoms with E-state index in [1.807, 2.05) is 31.2 Å². The summed E-state index contributed by atoms with van der Waals surface area (Å²) in [5, 5.41) is 16.8. The van der Waals surface area contributed by atoms with Gasteiger partial charge in [-0.2, -0.15) is 5.26 Å². The molecule has 1 unspecified atom stereocenters. The van der Waals surface area contributed by atoms with Crippen LogP contribution in [0.3, 0.4) is 0 Å². The molecule has 4 aliphatic rings. The SMILES string of the molecule is CCc1cc(N2CCN(CC3CCN(c4ccc(C(=O)NC5C(C)(C)C(Oc6ccc(C#N)c7[nH]c(=O)ccc67)C5(C)C)cc4)CC3)CC2)ccc1C(=O)N(N)C1CCC(=O)NC1=O. The number of rotatable bonds is 11. The van der Waals surface area contributed by atoms with Crippen molar-refractivity contribution in [3.8, 4) is 11.8 Å². The van der Waals surface area contributed by atoms with Crippen LogP contribution in [-0.2, 0) is 16.0 Å². The summed E-state index contributed by atoms with van der Waals surface area (Å²) in [5.41, 5.74) is 3.86. The number of aryl methyl sites for hydroxylation is 1. The minimum atomic E-state index is -0.874. The minimum Gasteiger partial charge on any atom is -0.488 e. The van der Waals surface area contributed by atoms with Crippen molar-refractivity contribution in [2.24, 2.45) is 22.6 Å². The van der Waals surface area contributed by atoms with Crippen molar-refractivity contribution in [3.63, 3.8) is 0 Å². The topological polar surface area (TPSA) is 197 Å². The number of hydrogen-bond donors (Lipinski definition) is 4. The number of imide groups is 1. The number of carbonyl (C=O) groups is 4. The fourth-order valence-electron chi connectivity index (χ4n) is 10.8. The normalized spacial score (nSPS) is 22.3. The molecule has 3 saturated heterocycles. The zero-order valence-electron chi connectivity index (χ0n) is 37.4. The number of aromatic nitrogens is 1. The molecule has 1 aliphatic carbocycles. The maximum Gasteiger partial charge on any atom is 0.268 e. The molecular weight excluding hydrogens is 811 g/mol. The van der Waals surface area contributed by atoms with Gasteiger partial charge in [0, 0.05) is 103 Å². The smallest absolute Gasteiger partial charge is 0.268 e. The van der Waals surface area contributed by atoms with Crippen LogP contribution in [0.2, 0.25) is 0 Å². The first-order chi connectivity index (χ1) is 30.6. The summed E-state index contributed by atoms with van der Waals surface area (Å²) in [6.07, 6.45) is 2.94. The third-order valence-corrected chi connectivity index (χ3v) is 14.2. The summed E-state index contributed by atoms with van der Waals surface area (Å²) >= 11 is 0. The second kappa shape index (κ2) is 17.7. The van der Waals surface area contributed by atoms with Crippen LogP contribution in [0.5, 0.6) is 5.75 Å². The van der Waals surface area contributed by atoms with Crippen molar-refractivity contribution in [1.29, 1.82) is 5.26 Å². The van der Waals surface area contributed by atoms with Gasteiger partial charge in [0.2, 0.25) is 11.5 Å². The number of piperidine rings is 2. The highest BCUT2D eigenvalue weighted by Gasteiger charge is 2.64. The number of piperazine rings is 1. The molecule has 3 aliphatic heterocycles. The van der Waals surface area contributed by atoms with Crippen LogP contribution in [0.4, 0.5) is 11.4 Å². The van der Waals surface area contributed by atoms with Gasteiger partial charge in [-0.1, -0.05) is 34.6 Å². The molecule has 1 aromatic heterocycles. The Kier molecular flexibility index (Phi) is 12.3. The number of anilines is 2. The number of ether oxygens (including phenoxy) is 1. The number of hydrogen-bond acceptors (Lipinski definition) is 11. The van der Waals surface area contributed by atoms with E-state index in [0.717, 1.165) is 80.6 Å². The summed E-state index contributed by atoms with van der Waals surface area (Å²) in [5.74, 6) is 5.89. The first-order valence-electron chi connectivity index (χ1n) is 22.5. The van der Waals surface area contributed by atoms with Crippen LogP contribution in [0, 0.1) is 28.1 Å². The van der Waals surface area contributed by atoms with Gasteiger partial charge in [0.1, 0.15) is 24.0 Å². The van der Waals surface area contributed by atoms with E-state index in [4.69, 9.17) is 10.6 Å². The molecule has 15 nitrogen and oxygen atoms in total. The summed E-state index contributed by atoms with van der Waals surface area (Å²) < 4.78 is 6.63. The molecule has 3 aromatic carbocycles. The Bertz CT molecular complexity index is 2530. The van der Waals surface area contributed by atoms with Gasteiger partial charge in [-0.25, -0.2) is 5.84 Å². The predicted octanol–water partition coefficient (Wildman–Crippen LogP) is 4.73. The predicted molar refractivity (Wildman–Crippen MR) is 245 cm³/mol. The van der Waals surface area contributed by atoms with Crippen LogP contribution in [0.15, 0.2) is 71.5 Å². The lowest BCUT2D eigenvalue weighted by Gasteiger charge is -2.63. The fraction of sp³-hybridized carbons (Fsp3) is 0.469. The van der Waals surface area contributed by atoms with Crippen LogP contribution >= 0.6 is 0 Å². The third-order valence-electron chi connectivity index (χ3n) is 14.2. The second-order valence-corrected chi connectivity index (χ2v) is 19.0. The average molecular weight is 870 g/mol. The quantitative estimate of drug-likeness (QED) is 0.0704. The molecular formula is C49H59N9O6. The number of aromatic amines is 1. The summed E-state index contributed by atoms with van der Waals surface area (Å²) in [6.45, 7) is 17.0. The number of fused-ring (bicyclic) bond motifs is 1. The second-order valence-electron chi connectivity index (χ2n) is 19.0. The van der Waals surface area contributed by atoms with E-state index in [1.54, 1.807) is 18.2 Å². The van der Waals surface area contributed by atoms with Gasteiger partial charge in [0.15, 0.2) is 0 Å². The number of nitrogens with one attached hydrogen (secondary N) is 3. The van der Waals surface area contributed by atoms with E-state index in [2.05, 4.69) is 82.3 Å². The Morgan fingerprint density at radius 1 is 0.875 bits per heavy atom. The molecule has 0 radical (unpaired) electrons. The summed E-state index contributed by atoms with van der Waals surface area (Å²) in [6, 6.07) is 21.4. The van der Waals surface area contributed by atoms with E-state index >= 15 is 0 Å². The van der Waals surface area contributed by atoms with Crippen LogP contribution in [0.1, 0.15) is 92.1 Å². The molecule has 8 rings (SSSR count). The summed E-state index contributed by atoms with van der Waals surface area (Å²) in [7, 11) is 0. The molecule has 0 bridgehead atoms.